The van der Waals surface area contributed by atoms with Crippen molar-refractivity contribution >= 4 is 17.7 Å². The second kappa shape index (κ2) is 8.78. The van der Waals surface area contributed by atoms with Crippen LogP contribution in [0.1, 0.15) is 47.0 Å². The van der Waals surface area contributed by atoms with E-state index in [1.165, 1.54) is 6.42 Å². The average molecular weight is 302 g/mol. The van der Waals surface area contributed by atoms with E-state index >= 15 is 0 Å². The third kappa shape index (κ3) is 6.84. The summed E-state index contributed by atoms with van der Waals surface area (Å²) in [5.41, 5.74) is -0.603. The predicted molar refractivity (Wildman–Crippen MR) is 89.5 cm³/mol. The van der Waals surface area contributed by atoms with Crippen molar-refractivity contribution in [3.8, 4) is 0 Å². The summed E-state index contributed by atoms with van der Waals surface area (Å²) in [6, 6.07) is 0.405. The summed E-state index contributed by atoms with van der Waals surface area (Å²) in [6.45, 7) is 10.1. The van der Waals surface area contributed by atoms with Crippen molar-refractivity contribution in [3.63, 3.8) is 0 Å². The molecule has 5 heteroatoms. The van der Waals surface area contributed by atoms with Crippen LogP contribution < -0.4 is 10.6 Å². The van der Waals surface area contributed by atoms with Crippen LogP contribution >= 0.6 is 11.8 Å². The molecule has 0 aromatic heterocycles. The van der Waals surface area contributed by atoms with Gasteiger partial charge in [0.05, 0.1) is 12.1 Å². The fourth-order valence-corrected chi connectivity index (χ4v) is 3.44. The number of hydrogen-bond acceptors (Lipinski definition) is 3. The molecule has 0 amide bonds. The first-order valence-corrected chi connectivity index (χ1v) is 8.95. The lowest BCUT2D eigenvalue weighted by molar-refractivity contribution is 0.0778. The summed E-state index contributed by atoms with van der Waals surface area (Å²) < 4.78 is 0. The first-order chi connectivity index (χ1) is 9.45. The fraction of sp³-hybridized carbons (Fsp3) is 0.933. The Hall–Kier alpha value is -0.420. The number of nitrogens with zero attached hydrogens (tertiary/aromatic N) is 1. The van der Waals surface area contributed by atoms with Crippen LogP contribution in [0, 0.1) is 5.92 Å². The van der Waals surface area contributed by atoms with Crippen LogP contribution in [-0.4, -0.2) is 47.3 Å². The topological polar surface area (TPSA) is 56.7 Å². The Morgan fingerprint density at radius 1 is 1.35 bits per heavy atom. The second-order valence-electron chi connectivity index (χ2n) is 6.24. The zero-order chi connectivity index (χ0) is 15.0. The fourth-order valence-electron chi connectivity index (χ4n) is 2.16. The van der Waals surface area contributed by atoms with E-state index < -0.39 is 5.60 Å². The van der Waals surface area contributed by atoms with E-state index in [0.29, 0.717) is 12.6 Å². The molecule has 2 atom stereocenters. The van der Waals surface area contributed by atoms with E-state index in [-0.39, 0.29) is 0 Å². The zero-order valence-electron chi connectivity index (χ0n) is 13.4. The molecule has 1 rings (SSSR count). The molecule has 0 spiro atoms. The molecule has 0 radical (unpaired) electrons. The smallest absolute Gasteiger partial charge is 0.191 e. The maximum Gasteiger partial charge on any atom is 0.191 e. The second-order valence-corrected chi connectivity index (χ2v) is 7.34. The van der Waals surface area contributed by atoms with Crippen LogP contribution in [0.5, 0.6) is 0 Å². The monoisotopic (exact) mass is 301 g/mol. The number of hydrogen-bond donors (Lipinski definition) is 3. The van der Waals surface area contributed by atoms with Crippen molar-refractivity contribution in [1.82, 2.24) is 10.6 Å². The van der Waals surface area contributed by atoms with Crippen molar-refractivity contribution in [2.75, 3.05) is 24.6 Å². The molecule has 1 fully saturated rings. The Bertz CT molecular complexity index is 301. The summed E-state index contributed by atoms with van der Waals surface area (Å²) >= 11 is 1.81. The van der Waals surface area contributed by atoms with Crippen LogP contribution in [0.4, 0.5) is 0 Å². The average Bonchev–Trinajstić information content (AvgIpc) is 2.81. The van der Waals surface area contributed by atoms with Crippen LogP contribution in [-0.2, 0) is 0 Å². The van der Waals surface area contributed by atoms with Gasteiger partial charge in [-0.1, -0.05) is 13.8 Å². The minimum Gasteiger partial charge on any atom is -0.387 e. The van der Waals surface area contributed by atoms with E-state index in [0.717, 1.165) is 42.8 Å². The molecule has 1 saturated heterocycles. The summed E-state index contributed by atoms with van der Waals surface area (Å²) in [5.74, 6) is 3.41. The van der Waals surface area contributed by atoms with Gasteiger partial charge in [0.15, 0.2) is 5.96 Å². The minimum absolute atomic E-state index is 0.405. The van der Waals surface area contributed by atoms with Crippen molar-refractivity contribution in [2.24, 2.45) is 10.9 Å². The molecule has 118 valence electrons. The van der Waals surface area contributed by atoms with E-state index in [1.54, 1.807) is 0 Å². The molecule has 1 heterocycles. The van der Waals surface area contributed by atoms with Gasteiger partial charge in [0.2, 0.25) is 0 Å². The van der Waals surface area contributed by atoms with Gasteiger partial charge < -0.3 is 15.7 Å². The molecule has 3 N–H and O–H groups in total. The van der Waals surface area contributed by atoms with Crippen LogP contribution in [0.25, 0.3) is 0 Å². The molecule has 0 aliphatic carbocycles. The summed E-state index contributed by atoms with van der Waals surface area (Å²) in [4.78, 5) is 4.57. The molecule has 1 aliphatic rings. The normalized spacial score (nSPS) is 25.0. The highest BCUT2D eigenvalue weighted by atomic mass is 32.2. The SMILES string of the molecule is CCNC(=NCC1(O)CCSC1)NC(C)CCC(C)C. The minimum atomic E-state index is -0.603. The number of guanidine groups is 1. The van der Waals surface area contributed by atoms with Gasteiger partial charge in [0.1, 0.15) is 0 Å². The maximum atomic E-state index is 10.3. The first-order valence-electron chi connectivity index (χ1n) is 7.80. The molecule has 0 saturated carbocycles. The van der Waals surface area contributed by atoms with Gasteiger partial charge in [-0.25, -0.2) is 0 Å². The highest BCUT2D eigenvalue weighted by Crippen LogP contribution is 2.27. The van der Waals surface area contributed by atoms with Gasteiger partial charge in [-0.15, -0.1) is 0 Å². The number of aliphatic imine (C=N–C) groups is 1. The first kappa shape index (κ1) is 17.6. The Balaban J connectivity index is 2.45. The molecule has 0 bridgehead atoms. The molecule has 2 unspecified atom stereocenters. The number of nitrogens with one attached hydrogen (secondary N) is 2. The van der Waals surface area contributed by atoms with Crippen LogP contribution in [0.3, 0.4) is 0 Å². The van der Waals surface area contributed by atoms with Gasteiger partial charge in [-0.2, -0.15) is 11.8 Å². The highest BCUT2D eigenvalue weighted by molar-refractivity contribution is 7.99. The number of rotatable bonds is 7. The number of aliphatic hydroxyl groups is 1. The summed E-state index contributed by atoms with van der Waals surface area (Å²) in [5, 5.41) is 17.0. The van der Waals surface area contributed by atoms with Crippen molar-refractivity contribution in [3.05, 3.63) is 0 Å². The molecule has 0 aromatic rings. The summed E-state index contributed by atoms with van der Waals surface area (Å²) in [6.07, 6.45) is 3.21. The number of thioether (sulfide) groups is 1. The van der Waals surface area contributed by atoms with Crippen LogP contribution in [0.2, 0.25) is 0 Å². The molecule has 20 heavy (non-hydrogen) atoms. The Morgan fingerprint density at radius 3 is 2.65 bits per heavy atom. The third-order valence-electron chi connectivity index (χ3n) is 3.52. The van der Waals surface area contributed by atoms with Crippen LogP contribution in [0.15, 0.2) is 4.99 Å². The van der Waals surface area contributed by atoms with E-state index in [1.807, 2.05) is 11.8 Å². The molecular formula is C15H31N3OS. The Morgan fingerprint density at radius 2 is 2.10 bits per heavy atom. The largest absolute Gasteiger partial charge is 0.387 e. The molecule has 1 aliphatic heterocycles. The van der Waals surface area contributed by atoms with Gasteiger partial charge in [-0.3, -0.25) is 4.99 Å². The van der Waals surface area contributed by atoms with Crippen molar-refractivity contribution in [2.45, 2.75) is 58.6 Å². The molecule has 0 aromatic carbocycles. The van der Waals surface area contributed by atoms with E-state index in [9.17, 15) is 5.11 Å². The Kier molecular flexibility index (Phi) is 7.74. The standard InChI is InChI=1S/C15H31N3OS/c1-5-16-14(18-13(4)7-6-12(2)3)17-10-15(19)8-9-20-11-15/h12-13,19H,5-11H2,1-4H3,(H2,16,17,18). The van der Waals surface area contributed by atoms with Gasteiger partial charge in [0, 0.05) is 18.3 Å². The molecular weight excluding hydrogens is 270 g/mol. The van der Waals surface area contributed by atoms with Gasteiger partial charge in [-0.05, 0) is 44.8 Å². The van der Waals surface area contributed by atoms with Gasteiger partial charge >= 0.3 is 0 Å². The predicted octanol–water partition coefficient (Wildman–Crippen LogP) is 2.23. The lowest BCUT2D eigenvalue weighted by atomic mass is 10.0. The lowest BCUT2D eigenvalue weighted by Crippen LogP contribution is -2.44. The van der Waals surface area contributed by atoms with E-state index in [4.69, 9.17) is 0 Å². The van der Waals surface area contributed by atoms with Gasteiger partial charge in [0.25, 0.3) is 0 Å². The van der Waals surface area contributed by atoms with E-state index in [2.05, 4.69) is 43.3 Å². The third-order valence-corrected chi connectivity index (χ3v) is 4.75. The van der Waals surface area contributed by atoms with Crippen molar-refractivity contribution in [1.29, 1.82) is 0 Å². The van der Waals surface area contributed by atoms with Crippen molar-refractivity contribution < 1.29 is 5.11 Å². The quantitative estimate of drug-likeness (QED) is 0.498. The Labute approximate surface area is 128 Å². The summed E-state index contributed by atoms with van der Waals surface area (Å²) in [7, 11) is 0. The lowest BCUT2D eigenvalue weighted by Gasteiger charge is -2.22. The highest BCUT2D eigenvalue weighted by Gasteiger charge is 2.31. The maximum absolute atomic E-state index is 10.3. The zero-order valence-corrected chi connectivity index (χ0v) is 14.2. The molecule has 4 nitrogen and oxygen atoms in total.